The molecule has 2 aromatic rings. The molecule has 2 aromatic carbocycles. The summed E-state index contributed by atoms with van der Waals surface area (Å²) >= 11 is 0. The van der Waals surface area contributed by atoms with Gasteiger partial charge >= 0.3 is 0 Å². The Labute approximate surface area is 122 Å². The number of benzene rings is 2. The molecule has 0 heterocycles. The maximum Gasteiger partial charge on any atom is 0.119 e. The number of para-hydroxylation sites is 1. The minimum Gasteiger partial charge on any atom is -0.508 e. The molecule has 106 valence electrons. The average molecular weight is 268 g/mol. The van der Waals surface area contributed by atoms with Gasteiger partial charge in [0.1, 0.15) is 5.75 Å². The Morgan fingerprint density at radius 3 is 2.25 bits per heavy atom. The molecule has 0 radical (unpaired) electrons. The van der Waals surface area contributed by atoms with Crippen molar-refractivity contribution in [1.29, 1.82) is 0 Å². The lowest BCUT2D eigenvalue weighted by atomic mass is 9.86. The van der Waals surface area contributed by atoms with Gasteiger partial charge in [0.05, 0.1) is 0 Å². The maximum absolute atomic E-state index is 10.1. The highest BCUT2D eigenvalue weighted by Gasteiger charge is 2.16. The summed E-state index contributed by atoms with van der Waals surface area (Å²) in [5, 5.41) is 10.1. The topological polar surface area (TPSA) is 20.2 Å². The van der Waals surface area contributed by atoms with Crippen LogP contribution in [0.5, 0.6) is 5.75 Å². The van der Waals surface area contributed by atoms with E-state index < -0.39 is 0 Å². The van der Waals surface area contributed by atoms with Gasteiger partial charge < -0.3 is 5.11 Å². The minimum absolute atomic E-state index is 0.300. The molecule has 0 amide bonds. The zero-order valence-corrected chi connectivity index (χ0v) is 12.3. The smallest absolute Gasteiger partial charge is 0.119 e. The highest BCUT2D eigenvalue weighted by atomic mass is 16.3. The highest BCUT2D eigenvalue weighted by Crippen LogP contribution is 2.34. The third-order valence-electron chi connectivity index (χ3n) is 3.86. The van der Waals surface area contributed by atoms with Crippen LogP contribution < -0.4 is 0 Å². The summed E-state index contributed by atoms with van der Waals surface area (Å²) in [6.45, 7) is 2.23. The first-order valence-corrected chi connectivity index (χ1v) is 7.65. The summed E-state index contributed by atoms with van der Waals surface area (Å²) in [5.41, 5.74) is 2.35. The van der Waals surface area contributed by atoms with Crippen LogP contribution in [0, 0.1) is 0 Å². The first kappa shape index (κ1) is 14.6. The molecule has 2 rings (SSSR count). The predicted molar refractivity (Wildman–Crippen MR) is 85.2 cm³/mol. The van der Waals surface area contributed by atoms with Gasteiger partial charge in [-0.2, -0.15) is 0 Å². The molecular weight excluding hydrogens is 244 g/mol. The Bertz CT molecular complexity index is 504. The number of hydrogen-bond acceptors (Lipinski definition) is 1. The van der Waals surface area contributed by atoms with Gasteiger partial charge in [-0.1, -0.05) is 81.1 Å². The van der Waals surface area contributed by atoms with Gasteiger partial charge in [-0.3, -0.25) is 0 Å². The van der Waals surface area contributed by atoms with E-state index in [9.17, 15) is 5.11 Å². The van der Waals surface area contributed by atoms with Crippen molar-refractivity contribution in [3.05, 3.63) is 65.7 Å². The summed E-state index contributed by atoms with van der Waals surface area (Å²) in [5.74, 6) is 0.714. The quantitative estimate of drug-likeness (QED) is 0.658. The summed E-state index contributed by atoms with van der Waals surface area (Å²) in [7, 11) is 0. The van der Waals surface area contributed by atoms with Gasteiger partial charge in [0.2, 0.25) is 0 Å². The monoisotopic (exact) mass is 268 g/mol. The molecular formula is C19H24O. The predicted octanol–water partition coefficient (Wildman–Crippen LogP) is 5.49. The van der Waals surface area contributed by atoms with Gasteiger partial charge in [0.25, 0.3) is 0 Å². The van der Waals surface area contributed by atoms with E-state index in [0.29, 0.717) is 11.7 Å². The first-order chi connectivity index (χ1) is 9.83. The molecule has 0 spiro atoms. The Kier molecular flexibility index (Phi) is 5.67. The molecule has 1 atom stereocenters. The van der Waals surface area contributed by atoms with Crippen molar-refractivity contribution < 1.29 is 5.11 Å². The van der Waals surface area contributed by atoms with Gasteiger partial charge in [-0.25, -0.2) is 0 Å². The van der Waals surface area contributed by atoms with E-state index in [1.807, 2.05) is 24.3 Å². The zero-order valence-electron chi connectivity index (χ0n) is 12.3. The molecule has 0 saturated heterocycles. The van der Waals surface area contributed by atoms with Crippen molar-refractivity contribution in [1.82, 2.24) is 0 Å². The van der Waals surface area contributed by atoms with E-state index in [-0.39, 0.29) is 0 Å². The number of phenols is 1. The minimum atomic E-state index is 0.300. The van der Waals surface area contributed by atoms with Crippen molar-refractivity contribution >= 4 is 0 Å². The molecule has 1 heteroatoms. The third kappa shape index (κ3) is 3.86. The molecule has 1 N–H and O–H groups in total. The molecule has 0 aliphatic carbocycles. The Balaban J connectivity index is 2.19. The van der Waals surface area contributed by atoms with E-state index in [2.05, 4.69) is 31.2 Å². The van der Waals surface area contributed by atoms with Crippen molar-refractivity contribution in [2.24, 2.45) is 0 Å². The summed E-state index contributed by atoms with van der Waals surface area (Å²) in [4.78, 5) is 0. The molecule has 1 nitrogen and oxygen atoms in total. The average Bonchev–Trinajstić information content (AvgIpc) is 2.49. The molecule has 0 aliphatic heterocycles. The maximum atomic E-state index is 10.1. The second kappa shape index (κ2) is 7.74. The zero-order chi connectivity index (χ0) is 14.2. The molecule has 0 aliphatic rings. The van der Waals surface area contributed by atoms with Crippen LogP contribution in [0.3, 0.4) is 0 Å². The Morgan fingerprint density at radius 2 is 1.55 bits per heavy atom. The SMILES string of the molecule is CCCCCCC(c1ccccc1)c1ccccc1O. The fourth-order valence-electron chi connectivity index (χ4n) is 2.74. The second-order valence-electron chi connectivity index (χ2n) is 5.37. The second-order valence-corrected chi connectivity index (χ2v) is 5.37. The summed E-state index contributed by atoms with van der Waals surface area (Å²) < 4.78 is 0. The summed E-state index contributed by atoms with van der Waals surface area (Å²) in [6.07, 6.45) is 6.13. The standard InChI is InChI=1S/C19H24O/c1-2-3-4-8-13-17(16-11-6-5-7-12-16)18-14-9-10-15-19(18)20/h5-7,9-12,14-15,17,20H,2-4,8,13H2,1H3. The molecule has 1 unspecified atom stereocenters. The first-order valence-electron chi connectivity index (χ1n) is 7.65. The van der Waals surface area contributed by atoms with Crippen LogP contribution in [0.15, 0.2) is 54.6 Å². The Morgan fingerprint density at radius 1 is 0.850 bits per heavy atom. The van der Waals surface area contributed by atoms with Crippen LogP contribution in [-0.2, 0) is 0 Å². The lowest BCUT2D eigenvalue weighted by Gasteiger charge is -2.19. The Hall–Kier alpha value is -1.76. The van der Waals surface area contributed by atoms with Crippen LogP contribution in [-0.4, -0.2) is 5.11 Å². The van der Waals surface area contributed by atoms with E-state index >= 15 is 0 Å². The van der Waals surface area contributed by atoms with Crippen LogP contribution in [0.4, 0.5) is 0 Å². The van der Waals surface area contributed by atoms with Gasteiger partial charge in [0.15, 0.2) is 0 Å². The van der Waals surface area contributed by atoms with Crippen molar-refractivity contribution in [2.45, 2.75) is 44.9 Å². The largest absolute Gasteiger partial charge is 0.508 e. The van der Waals surface area contributed by atoms with E-state index in [0.717, 1.165) is 12.0 Å². The molecule has 0 fully saturated rings. The number of phenolic OH excluding ortho intramolecular Hbond substituents is 1. The normalized spacial score (nSPS) is 12.2. The van der Waals surface area contributed by atoms with Crippen molar-refractivity contribution in [2.75, 3.05) is 0 Å². The number of aromatic hydroxyl groups is 1. The third-order valence-corrected chi connectivity index (χ3v) is 3.86. The van der Waals surface area contributed by atoms with Crippen LogP contribution in [0.2, 0.25) is 0 Å². The number of unbranched alkanes of at least 4 members (excludes halogenated alkanes) is 3. The lowest BCUT2D eigenvalue weighted by molar-refractivity contribution is 0.460. The number of rotatable bonds is 7. The van der Waals surface area contributed by atoms with Gasteiger partial charge in [0, 0.05) is 11.5 Å². The van der Waals surface area contributed by atoms with E-state index in [1.54, 1.807) is 6.07 Å². The molecule has 0 bridgehead atoms. The van der Waals surface area contributed by atoms with Crippen molar-refractivity contribution in [3.8, 4) is 5.75 Å². The van der Waals surface area contributed by atoms with Gasteiger partial charge in [-0.15, -0.1) is 0 Å². The fraction of sp³-hybridized carbons (Fsp3) is 0.368. The summed E-state index contributed by atoms with van der Waals surface area (Å²) in [6, 6.07) is 18.3. The van der Waals surface area contributed by atoms with Crippen LogP contribution in [0.1, 0.15) is 56.1 Å². The van der Waals surface area contributed by atoms with Gasteiger partial charge in [-0.05, 0) is 18.1 Å². The van der Waals surface area contributed by atoms with E-state index in [4.69, 9.17) is 0 Å². The number of hydrogen-bond donors (Lipinski definition) is 1. The highest BCUT2D eigenvalue weighted by molar-refractivity contribution is 5.41. The lowest BCUT2D eigenvalue weighted by Crippen LogP contribution is -2.01. The molecule has 0 aromatic heterocycles. The molecule has 0 saturated carbocycles. The van der Waals surface area contributed by atoms with E-state index in [1.165, 1.54) is 31.2 Å². The fourth-order valence-corrected chi connectivity index (χ4v) is 2.74. The molecule has 20 heavy (non-hydrogen) atoms. The van der Waals surface area contributed by atoms with Crippen LogP contribution >= 0.6 is 0 Å². The van der Waals surface area contributed by atoms with Crippen molar-refractivity contribution in [3.63, 3.8) is 0 Å². The van der Waals surface area contributed by atoms with Crippen LogP contribution in [0.25, 0.3) is 0 Å².